The zero-order valence-corrected chi connectivity index (χ0v) is 20.6. The maximum Gasteiger partial charge on any atom is 0.258 e. The molecule has 0 bridgehead atoms. The van der Waals surface area contributed by atoms with Gasteiger partial charge in [-0.2, -0.15) is 0 Å². The molecule has 0 unspecified atom stereocenters. The molecule has 2 amide bonds. The quantitative estimate of drug-likeness (QED) is 0.499. The topological polar surface area (TPSA) is 58.6 Å². The first kappa shape index (κ1) is 25.2. The Balaban J connectivity index is 1.73. The molecule has 3 aromatic rings. The number of ether oxygens (including phenoxy) is 1. The molecular weight excluding hydrogens is 455 g/mol. The number of benzene rings is 3. The molecule has 0 fully saturated rings. The van der Waals surface area contributed by atoms with Crippen LogP contribution in [0, 0.1) is 5.82 Å². The molecule has 0 aromatic heterocycles. The van der Waals surface area contributed by atoms with Crippen LogP contribution in [0.2, 0.25) is 0 Å². The van der Waals surface area contributed by atoms with Crippen LogP contribution in [0.4, 0.5) is 4.39 Å². The van der Waals surface area contributed by atoms with E-state index in [1.807, 2.05) is 55.5 Å². The maximum absolute atomic E-state index is 13.7. The van der Waals surface area contributed by atoms with Crippen molar-refractivity contribution in [3.8, 4) is 5.75 Å². The van der Waals surface area contributed by atoms with Crippen molar-refractivity contribution in [2.24, 2.45) is 0 Å². The Hall–Kier alpha value is -3.93. The minimum absolute atomic E-state index is 0.151. The number of carbonyl (C=O) groups excluding carboxylic acids is 2. The van der Waals surface area contributed by atoms with Crippen LogP contribution in [0.25, 0.3) is 0 Å². The van der Waals surface area contributed by atoms with Crippen LogP contribution in [0.15, 0.2) is 91.0 Å². The van der Waals surface area contributed by atoms with Crippen molar-refractivity contribution in [2.45, 2.75) is 44.4 Å². The molecule has 3 atom stereocenters. The predicted octanol–water partition coefficient (Wildman–Crippen LogP) is 5.48. The second kappa shape index (κ2) is 11.7. The van der Waals surface area contributed by atoms with Gasteiger partial charge in [-0.3, -0.25) is 9.59 Å². The van der Waals surface area contributed by atoms with Gasteiger partial charge in [0.15, 0.2) is 0 Å². The van der Waals surface area contributed by atoms with E-state index in [1.165, 1.54) is 17.0 Å². The average Bonchev–Trinajstić information content (AvgIpc) is 2.89. The molecule has 1 aliphatic rings. The van der Waals surface area contributed by atoms with Crippen LogP contribution in [-0.2, 0) is 11.2 Å². The molecule has 0 saturated carbocycles. The largest absolute Gasteiger partial charge is 0.490 e. The number of hydrogen-bond acceptors (Lipinski definition) is 3. The molecule has 1 aliphatic heterocycles. The Morgan fingerprint density at radius 3 is 2.33 bits per heavy atom. The zero-order chi connectivity index (χ0) is 25.5. The van der Waals surface area contributed by atoms with Crippen LogP contribution in [-0.4, -0.2) is 35.9 Å². The van der Waals surface area contributed by atoms with Crippen molar-refractivity contribution < 1.29 is 18.7 Å². The number of para-hydroxylation sites is 1. The number of carbonyl (C=O) groups is 2. The average molecular weight is 487 g/mol. The molecule has 4 rings (SSSR count). The number of fused-ring (bicyclic) bond motifs is 1. The van der Waals surface area contributed by atoms with Gasteiger partial charge in [-0.1, -0.05) is 66.7 Å². The number of nitrogens with zero attached hydrogens (tertiary/aromatic N) is 1. The molecule has 0 spiro atoms. The van der Waals surface area contributed by atoms with Gasteiger partial charge in [0.1, 0.15) is 17.6 Å². The molecule has 0 saturated heterocycles. The fourth-order valence-electron chi connectivity index (χ4n) is 4.35. The van der Waals surface area contributed by atoms with Crippen LogP contribution in [0.3, 0.4) is 0 Å². The van der Waals surface area contributed by atoms with Crippen molar-refractivity contribution in [2.75, 3.05) is 7.05 Å². The lowest BCUT2D eigenvalue weighted by molar-refractivity contribution is -0.126. The molecule has 5 nitrogen and oxygen atoms in total. The van der Waals surface area contributed by atoms with Gasteiger partial charge in [0.05, 0.1) is 17.7 Å². The predicted molar refractivity (Wildman–Crippen MR) is 138 cm³/mol. The van der Waals surface area contributed by atoms with E-state index in [0.29, 0.717) is 30.6 Å². The lowest BCUT2D eigenvalue weighted by Gasteiger charge is -2.30. The molecule has 1 N–H and O–H groups in total. The number of rotatable bonds is 3. The summed E-state index contributed by atoms with van der Waals surface area (Å²) < 4.78 is 19.7. The Bertz CT molecular complexity index is 1210. The van der Waals surface area contributed by atoms with E-state index in [0.717, 1.165) is 11.1 Å². The summed E-state index contributed by atoms with van der Waals surface area (Å²) in [5.74, 6) is -0.408. The normalized spacial score (nSPS) is 22.1. The highest BCUT2D eigenvalue weighted by molar-refractivity contribution is 5.99. The first-order valence-corrected chi connectivity index (χ1v) is 12.2. The van der Waals surface area contributed by atoms with Gasteiger partial charge in [0.2, 0.25) is 5.91 Å². The highest BCUT2D eigenvalue weighted by Gasteiger charge is 2.31. The first-order valence-electron chi connectivity index (χ1n) is 12.2. The van der Waals surface area contributed by atoms with Crippen LogP contribution < -0.4 is 10.1 Å². The van der Waals surface area contributed by atoms with Crippen molar-refractivity contribution in [3.63, 3.8) is 0 Å². The third-order valence-electron chi connectivity index (χ3n) is 6.40. The third kappa shape index (κ3) is 6.19. The highest BCUT2D eigenvalue weighted by Crippen LogP contribution is 2.25. The summed E-state index contributed by atoms with van der Waals surface area (Å²) in [7, 11) is 1.65. The van der Waals surface area contributed by atoms with Gasteiger partial charge < -0.3 is 15.0 Å². The summed E-state index contributed by atoms with van der Waals surface area (Å²) in [6.45, 7) is 1.96. The first-order chi connectivity index (χ1) is 17.4. The van der Waals surface area contributed by atoms with Gasteiger partial charge >= 0.3 is 0 Å². The molecular formula is C30H31FN2O3. The van der Waals surface area contributed by atoms with Crippen LogP contribution in [0.1, 0.15) is 47.3 Å². The smallest absolute Gasteiger partial charge is 0.258 e. The van der Waals surface area contributed by atoms with E-state index in [1.54, 1.807) is 37.4 Å². The summed E-state index contributed by atoms with van der Waals surface area (Å²) >= 11 is 0. The minimum atomic E-state index is -0.764. The minimum Gasteiger partial charge on any atom is -0.490 e. The summed E-state index contributed by atoms with van der Waals surface area (Å²) in [5, 5.41) is 3.13. The third-order valence-corrected chi connectivity index (χ3v) is 6.40. The van der Waals surface area contributed by atoms with Gasteiger partial charge in [-0.25, -0.2) is 4.39 Å². The lowest BCUT2D eigenvalue weighted by atomic mass is 9.99. The Labute approximate surface area is 211 Å². The Morgan fingerprint density at radius 2 is 1.58 bits per heavy atom. The second-order valence-corrected chi connectivity index (χ2v) is 9.10. The molecule has 36 heavy (non-hydrogen) atoms. The maximum atomic E-state index is 13.7. The zero-order valence-electron chi connectivity index (χ0n) is 20.6. The second-order valence-electron chi connectivity index (χ2n) is 9.10. The number of likely N-dealkylation sites (N-methyl/N-ethyl adjacent to an activating group) is 1. The number of halogens is 1. The summed E-state index contributed by atoms with van der Waals surface area (Å²) in [5.41, 5.74) is 2.15. The van der Waals surface area contributed by atoms with Gasteiger partial charge in [0, 0.05) is 19.9 Å². The molecule has 6 heteroatoms. The number of hydrogen-bond donors (Lipinski definition) is 1. The summed E-state index contributed by atoms with van der Waals surface area (Å²) in [4.78, 5) is 28.9. The number of amides is 2. The van der Waals surface area contributed by atoms with E-state index >= 15 is 0 Å². The molecule has 1 heterocycles. The molecule has 0 radical (unpaired) electrons. The van der Waals surface area contributed by atoms with Gasteiger partial charge in [-0.05, 0) is 48.7 Å². The van der Waals surface area contributed by atoms with E-state index in [4.69, 9.17) is 4.74 Å². The van der Waals surface area contributed by atoms with E-state index in [9.17, 15) is 14.0 Å². The highest BCUT2D eigenvalue weighted by atomic mass is 19.1. The standard InChI is InChI=1S/C30H31FN2O3/c1-21-10-6-8-14-26(23-16-18-24(31)19-17-23)32-29(34)27(20-22-11-4-3-5-12-22)33(2)30(35)25-13-7-9-15-28(25)36-21/h3-9,11-13,15-19,21,26-27H,10,14,20H2,1-2H3,(H,32,34)/b8-6-/t21-,26+,27+/m1/s1. The molecule has 186 valence electrons. The molecule has 3 aromatic carbocycles. The number of nitrogens with one attached hydrogen (secondary N) is 1. The van der Waals surface area contributed by atoms with Crippen LogP contribution >= 0.6 is 0 Å². The lowest BCUT2D eigenvalue weighted by Crippen LogP contribution is -2.49. The fourth-order valence-corrected chi connectivity index (χ4v) is 4.35. The van der Waals surface area contributed by atoms with Crippen molar-refractivity contribution in [1.29, 1.82) is 0 Å². The van der Waals surface area contributed by atoms with Crippen LogP contribution in [0.5, 0.6) is 5.75 Å². The molecule has 0 aliphatic carbocycles. The van der Waals surface area contributed by atoms with Crippen molar-refractivity contribution in [1.82, 2.24) is 10.2 Å². The van der Waals surface area contributed by atoms with E-state index in [-0.39, 0.29) is 29.8 Å². The Kier molecular flexibility index (Phi) is 8.16. The van der Waals surface area contributed by atoms with E-state index < -0.39 is 6.04 Å². The Morgan fingerprint density at radius 1 is 0.917 bits per heavy atom. The summed E-state index contributed by atoms with van der Waals surface area (Å²) in [6.07, 6.45) is 5.38. The van der Waals surface area contributed by atoms with Crippen molar-refractivity contribution in [3.05, 3.63) is 114 Å². The van der Waals surface area contributed by atoms with E-state index in [2.05, 4.69) is 5.32 Å². The van der Waals surface area contributed by atoms with Crippen molar-refractivity contribution >= 4 is 11.8 Å². The van der Waals surface area contributed by atoms with Gasteiger partial charge in [-0.15, -0.1) is 0 Å². The fraction of sp³-hybridized carbons (Fsp3) is 0.267. The van der Waals surface area contributed by atoms with Gasteiger partial charge in [0.25, 0.3) is 5.91 Å². The SMILES string of the molecule is C[C@@H]1C/C=C\C[C@@H](c2ccc(F)cc2)NC(=O)[C@H](Cc2ccccc2)N(C)C(=O)c2ccccc2O1. The summed E-state index contributed by atoms with van der Waals surface area (Å²) in [6, 6.07) is 21.8. The monoisotopic (exact) mass is 486 g/mol.